The number of carbonyl (C=O) groups excluding carboxylic acids is 1. The number of halogens is 2. The van der Waals surface area contributed by atoms with E-state index in [1.807, 2.05) is 12.1 Å². The molecule has 1 atom stereocenters. The lowest BCUT2D eigenvalue weighted by atomic mass is 10.1. The van der Waals surface area contributed by atoms with E-state index < -0.39 is 6.04 Å². The van der Waals surface area contributed by atoms with Gasteiger partial charge in [0.25, 0.3) is 0 Å². The molecule has 1 amide bonds. The van der Waals surface area contributed by atoms with Crippen molar-refractivity contribution in [2.75, 3.05) is 0 Å². The molecular formula is C17H14BrFN2O. The molecule has 112 valence electrons. The third kappa shape index (κ3) is 4.68. The highest BCUT2D eigenvalue weighted by Crippen LogP contribution is 2.18. The van der Waals surface area contributed by atoms with E-state index in [1.165, 1.54) is 12.1 Å². The molecule has 2 aromatic rings. The van der Waals surface area contributed by atoms with Crippen LogP contribution in [0.3, 0.4) is 0 Å². The van der Waals surface area contributed by atoms with Crippen LogP contribution >= 0.6 is 15.9 Å². The van der Waals surface area contributed by atoms with Crippen molar-refractivity contribution in [3.05, 3.63) is 69.9 Å². The number of carbonyl (C=O) groups is 1. The smallest absolute Gasteiger partial charge is 0.221 e. The van der Waals surface area contributed by atoms with Gasteiger partial charge in [0.2, 0.25) is 5.91 Å². The average molecular weight is 361 g/mol. The van der Waals surface area contributed by atoms with Crippen molar-refractivity contribution in [3.8, 4) is 6.07 Å². The van der Waals surface area contributed by atoms with E-state index in [1.54, 1.807) is 24.3 Å². The predicted octanol–water partition coefficient (Wildman–Crippen LogP) is 3.90. The van der Waals surface area contributed by atoms with Crippen LogP contribution in [0.2, 0.25) is 0 Å². The van der Waals surface area contributed by atoms with Crippen LogP contribution in [-0.4, -0.2) is 5.91 Å². The lowest BCUT2D eigenvalue weighted by Gasteiger charge is -2.12. The maximum absolute atomic E-state index is 12.8. The summed E-state index contributed by atoms with van der Waals surface area (Å²) in [7, 11) is 0. The minimum Gasteiger partial charge on any atom is -0.337 e. The number of nitrogens with one attached hydrogen (secondary N) is 1. The van der Waals surface area contributed by atoms with Gasteiger partial charge in [-0.25, -0.2) is 4.39 Å². The van der Waals surface area contributed by atoms with E-state index >= 15 is 0 Å². The molecule has 2 rings (SSSR count). The molecule has 0 saturated heterocycles. The molecule has 2 aromatic carbocycles. The van der Waals surface area contributed by atoms with Crippen LogP contribution in [-0.2, 0) is 11.2 Å². The minimum atomic E-state index is -0.682. The fourth-order valence-corrected chi connectivity index (χ4v) is 2.44. The Kier molecular flexibility index (Phi) is 5.68. The maximum Gasteiger partial charge on any atom is 0.221 e. The van der Waals surface area contributed by atoms with Gasteiger partial charge < -0.3 is 5.32 Å². The Bertz CT molecular complexity index is 695. The number of hydrogen-bond donors (Lipinski definition) is 1. The van der Waals surface area contributed by atoms with Crippen molar-refractivity contribution < 1.29 is 9.18 Å². The number of nitriles is 1. The molecule has 0 bridgehead atoms. The zero-order valence-corrected chi connectivity index (χ0v) is 13.3. The van der Waals surface area contributed by atoms with Crippen molar-refractivity contribution in [1.82, 2.24) is 5.32 Å². The summed E-state index contributed by atoms with van der Waals surface area (Å²) in [6, 6.07) is 14.7. The van der Waals surface area contributed by atoms with Gasteiger partial charge in [0, 0.05) is 10.9 Å². The highest BCUT2D eigenvalue weighted by molar-refractivity contribution is 9.10. The number of hydrogen-bond acceptors (Lipinski definition) is 2. The molecule has 0 radical (unpaired) electrons. The Morgan fingerprint density at radius 1 is 1.27 bits per heavy atom. The lowest BCUT2D eigenvalue weighted by molar-refractivity contribution is -0.121. The summed E-state index contributed by atoms with van der Waals surface area (Å²) < 4.78 is 13.7. The largest absolute Gasteiger partial charge is 0.337 e. The van der Waals surface area contributed by atoms with E-state index in [2.05, 4.69) is 27.3 Å². The standard InChI is InChI=1S/C17H14BrFN2O/c18-14-3-1-2-13(10-14)16(11-20)21-17(22)9-6-12-4-7-15(19)8-5-12/h1-5,7-8,10,16H,6,9H2,(H,21,22). The summed E-state index contributed by atoms with van der Waals surface area (Å²) in [5, 5.41) is 11.9. The first kappa shape index (κ1) is 16.2. The van der Waals surface area contributed by atoms with Gasteiger partial charge in [0.15, 0.2) is 0 Å². The third-order valence-electron chi connectivity index (χ3n) is 3.17. The first-order valence-corrected chi connectivity index (χ1v) is 7.56. The summed E-state index contributed by atoms with van der Waals surface area (Å²) in [4.78, 5) is 12.0. The number of amides is 1. The van der Waals surface area contributed by atoms with Gasteiger partial charge in [-0.05, 0) is 41.8 Å². The Balaban J connectivity index is 1.92. The molecule has 1 N–H and O–H groups in total. The van der Waals surface area contributed by atoms with Gasteiger partial charge in [-0.15, -0.1) is 0 Å². The summed E-state index contributed by atoms with van der Waals surface area (Å²) in [6.45, 7) is 0. The SMILES string of the molecule is N#CC(NC(=O)CCc1ccc(F)cc1)c1cccc(Br)c1. The van der Waals surface area contributed by atoms with Crippen LogP contribution in [0.25, 0.3) is 0 Å². The Morgan fingerprint density at radius 3 is 2.64 bits per heavy atom. The first-order chi connectivity index (χ1) is 10.6. The molecule has 22 heavy (non-hydrogen) atoms. The predicted molar refractivity (Wildman–Crippen MR) is 85.4 cm³/mol. The Hall–Kier alpha value is -2.19. The van der Waals surface area contributed by atoms with E-state index in [0.717, 1.165) is 15.6 Å². The fraction of sp³-hybridized carbons (Fsp3) is 0.176. The van der Waals surface area contributed by atoms with Crippen molar-refractivity contribution in [2.45, 2.75) is 18.9 Å². The molecule has 1 unspecified atom stereocenters. The minimum absolute atomic E-state index is 0.212. The summed E-state index contributed by atoms with van der Waals surface area (Å²) >= 11 is 3.34. The molecule has 0 saturated carbocycles. The van der Waals surface area contributed by atoms with E-state index in [9.17, 15) is 14.4 Å². The third-order valence-corrected chi connectivity index (χ3v) is 3.66. The fourth-order valence-electron chi connectivity index (χ4n) is 2.02. The van der Waals surface area contributed by atoms with Gasteiger partial charge in [0.1, 0.15) is 11.9 Å². The molecule has 0 spiro atoms. The van der Waals surface area contributed by atoms with Crippen molar-refractivity contribution >= 4 is 21.8 Å². The van der Waals surface area contributed by atoms with Gasteiger partial charge in [0.05, 0.1) is 6.07 Å². The van der Waals surface area contributed by atoms with Crippen molar-refractivity contribution in [3.63, 3.8) is 0 Å². The van der Waals surface area contributed by atoms with Crippen LogP contribution in [0, 0.1) is 17.1 Å². The number of benzene rings is 2. The molecule has 0 aliphatic heterocycles. The number of aryl methyl sites for hydroxylation is 1. The van der Waals surface area contributed by atoms with Crippen LogP contribution in [0.5, 0.6) is 0 Å². The zero-order valence-electron chi connectivity index (χ0n) is 11.7. The van der Waals surface area contributed by atoms with Crippen molar-refractivity contribution in [1.29, 1.82) is 5.26 Å². The summed E-state index contributed by atoms with van der Waals surface area (Å²) in [5.74, 6) is -0.511. The average Bonchev–Trinajstić information content (AvgIpc) is 2.52. The maximum atomic E-state index is 12.8. The lowest BCUT2D eigenvalue weighted by Crippen LogP contribution is -2.27. The first-order valence-electron chi connectivity index (χ1n) is 6.77. The Morgan fingerprint density at radius 2 is 2.00 bits per heavy atom. The zero-order chi connectivity index (χ0) is 15.9. The second-order valence-corrected chi connectivity index (χ2v) is 5.73. The normalized spacial score (nSPS) is 11.5. The molecule has 0 aliphatic rings. The number of rotatable bonds is 5. The van der Waals surface area contributed by atoms with Crippen LogP contribution in [0.1, 0.15) is 23.6 Å². The van der Waals surface area contributed by atoms with E-state index in [0.29, 0.717) is 6.42 Å². The molecule has 0 aliphatic carbocycles. The number of nitrogens with zero attached hydrogens (tertiary/aromatic N) is 1. The quantitative estimate of drug-likeness (QED) is 0.878. The van der Waals surface area contributed by atoms with Gasteiger partial charge >= 0.3 is 0 Å². The second kappa shape index (κ2) is 7.71. The van der Waals surface area contributed by atoms with Crippen molar-refractivity contribution in [2.24, 2.45) is 0 Å². The van der Waals surface area contributed by atoms with E-state index in [4.69, 9.17) is 0 Å². The monoisotopic (exact) mass is 360 g/mol. The van der Waals surface area contributed by atoms with Crippen LogP contribution in [0.15, 0.2) is 53.0 Å². The summed E-state index contributed by atoms with van der Waals surface area (Å²) in [5.41, 5.74) is 1.61. The molecule has 0 heterocycles. The second-order valence-electron chi connectivity index (χ2n) is 4.81. The highest BCUT2D eigenvalue weighted by Gasteiger charge is 2.14. The molecule has 5 heteroatoms. The van der Waals surface area contributed by atoms with E-state index in [-0.39, 0.29) is 18.1 Å². The van der Waals surface area contributed by atoms with Gasteiger partial charge in [-0.2, -0.15) is 5.26 Å². The topological polar surface area (TPSA) is 52.9 Å². The highest BCUT2D eigenvalue weighted by atomic mass is 79.9. The van der Waals surface area contributed by atoms with Gasteiger partial charge in [-0.3, -0.25) is 4.79 Å². The molecular weight excluding hydrogens is 347 g/mol. The molecule has 3 nitrogen and oxygen atoms in total. The Labute approximate surface area is 136 Å². The molecule has 0 fully saturated rings. The van der Waals surface area contributed by atoms with Gasteiger partial charge in [-0.1, -0.05) is 40.2 Å². The van der Waals surface area contributed by atoms with Crippen LogP contribution < -0.4 is 5.32 Å². The molecule has 0 aromatic heterocycles. The summed E-state index contributed by atoms with van der Waals surface area (Å²) in [6.07, 6.45) is 0.751. The van der Waals surface area contributed by atoms with Crippen LogP contribution in [0.4, 0.5) is 4.39 Å².